The van der Waals surface area contributed by atoms with E-state index in [9.17, 15) is 4.79 Å². The molecule has 0 spiro atoms. The lowest BCUT2D eigenvalue weighted by molar-refractivity contribution is -0.125. The molecule has 3 heterocycles. The first kappa shape index (κ1) is 21.6. The van der Waals surface area contributed by atoms with Crippen molar-refractivity contribution >= 4 is 32.6 Å². The lowest BCUT2D eigenvalue weighted by Gasteiger charge is -2.33. The third kappa shape index (κ3) is 4.97. The molecular formula is C24H36N4OS. The number of hydrogen-bond donors (Lipinski definition) is 1. The number of aryl methyl sites for hydroxylation is 2. The van der Waals surface area contributed by atoms with Crippen LogP contribution in [-0.4, -0.2) is 54.6 Å². The zero-order valence-electron chi connectivity index (χ0n) is 18.7. The number of anilines is 1. The van der Waals surface area contributed by atoms with Crippen molar-refractivity contribution in [3.63, 3.8) is 0 Å². The largest absolute Gasteiger partial charge is 0.356 e. The summed E-state index contributed by atoms with van der Waals surface area (Å²) in [5, 5.41) is 4.28. The smallest absolute Gasteiger partial charge is 0.224 e. The monoisotopic (exact) mass is 428 g/mol. The molecule has 2 aliphatic rings. The molecule has 1 amide bonds. The quantitative estimate of drug-likeness (QED) is 0.688. The third-order valence-corrected chi connectivity index (χ3v) is 7.81. The van der Waals surface area contributed by atoms with E-state index in [4.69, 9.17) is 4.98 Å². The number of piperidine rings is 2. The maximum Gasteiger partial charge on any atom is 0.224 e. The van der Waals surface area contributed by atoms with Gasteiger partial charge in [0.25, 0.3) is 0 Å². The summed E-state index contributed by atoms with van der Waals surface area (Å²) < 4.78 is 1.25. The molecule has 2 saturated heterocycles. The molecule has 4 rings (SSSR count). The summed E-state index contributed by atoms with van der Waals surface area (Å²) in [6.45, 7) is 11.5. The number of likely N-dealkylation sites (tertiary alicyclic amines) is 1. The van der Waals surface area contributed by atoms with Crippen LogP contribution in [0.25, 0.3) is 10.2 Å². The average molecular weight is 429 g/mol. The molecular weight excluding hydrogens is 392 g/mol. The van der Waals surface area contributed by atoms with Crippen molar-refractivity contribution in [2.45, 2.75) is 65.3 Å². The van der Waals surface area contributed by atoms with Gasteiger partial charge in [-0.25, -0.2) is 4.98 Å². The minimum atomic E-state index is 0.0718. The summed E-state index contributed by atoms with van der Waals surface area (Å²) in [7, 11) is 0. The van der Waals surface area contributed by atoms with E-state index in [1.54, 1.807) is 11.3 Å². The number of thiazole rings is 1. The van der Waals surface area contributed by atoms with E-state index < -0.39 is 0 Å². The standard InChI is InChI=1S/C24H36N4OS/c1-17-14-18(2)22-21(15-17)30-24(26-22)28-12-6-9-20(16-28)23(29)25-10-7-13-27-11-5-4-8-19(27)3/h14-15,19-20H,4-13,16H2,1-3H3,(H,25,29)/t19-,20+/m0/s1. The van der Waals surface area contributed by atoms with Crippen LogP contribution >= 0.6 is 11.3 Å². The Morgan fingerprint density at radius 2 is 2.07 bits per heavy atom. The lowest BCUT2D eigenvalue weighted by atomic mass is 9.97. The number of carbonyl (C=O) groups excluding carboxylic acids is 1. The van der Waals surface area contributed by atoms with Gasteiger partial charge in [-0.15, -0.1) is 0 Å². The van der Waals surface area contributed by atoms with Crippen molar-refractivity contribution in [2.24, 2.45) is 5.92 Å². The van der Waals surface area contributed by atoms with Gasteiger partial charge in [0.15, 0.2) is 5.13 Å². The van der Waals surface area contributed by atoms with Crippen LogP contribution in [0.3, 0.4) is 0 Å². The Kier molecular flexibility index (Phi) is 6.94. The molecule has 30 heavy (non-hydrogen) atoms. The van der Waals surface area contributed by atoms with Gasteiger partial charge < -0.3 is 15.1 Å². The number of carbonyl (C=O) groups is 1. The molecule has 0 unspecified atom stereocenters. The summed E-state index contributed by atoms with van der Waals surface area (Å²) in [6, 6.07) is 5.12. The fraction of sp³-hybridized carbons (Fsp3) is 0.667. The number of hydrogen-bond acceptors (Lipinski definition) is 5. The van der Waals surface area contributed by atoms with Gasteiger partial charge in [-0.2, -0.15) is 0 Å². The molecule has 2 aromatic rings. The first-order chi connectivity index (χ1) is 14.5. The highest BCUT2D eigenvalue weighted by molar-refractivity contribution is 7.22. The van der Waals surface area contributed by atoms with Crippen LogP contribution in [0, 0.1) is 19.8 Å². The van der Waals surface area contributed by atoms with Crippen molar-refractivity contribution in [3.8, 4) is 0 Å². The van der Waals surface area contributed by atoms with Gasteiger partial charge in [0.1, 0.15) is 0 Å². The fourth-order valence-electron chi connectivity index (χ4n) is 4.99. The van der Waals surface area contributed by atoms with E-state index in [1.165, 1.54) is 41.6 Å². The van der Waals surface area contributed by atoms with Gasteiger partial charge in [0.2, 0.25) is 5.91 Å². The van der Waals surface area contributed by atoms with Crippen molar-refractivity contribution in [1.29, 1.82) is 0 Å². The predicted octanol–water partition coefficient (Wildman–Crippen LogP) is 4.51. The van der Waals surface area contributed by atoms with E-state index in [2.05, 4.69) is 48.0 Å². The summed E-state index contributed by atoms with van der Waals surface area (Å²) in [4.78, 5) is 22.6. The summed E-state index contributed by atoms with van der Waals surface area (Å²) in [5.41, 5.74) is 3.63. The number of rotatable bonds is 6. The molecule has 1 aromatic carbocycles. The predicted molar refractivity (Wildman–Crippen MR) is 127 cm³/mol. The first-order valence-electron chi connectivity index (χ1n) is 11.7. The summed E-state index contributed by atoms with van der Waals surface area (Å²) >= 11 is 1.76. The number of fused-ring (bicyclic) bond motifs is 1. The molecule has 0 saturated carbocycles. The second kappa shape index (κ2) is 9.65. The van der Waals surface area contributed by atoms with Crippen molar-refractivity contribution < 1.29 is 4.79 Å². The molecule has 0 bridgehead atoms. The highest BCUT2D eigenvalue weighted by Gasteiger charge is 2.27. The Morgan fingerprint density at radius 1 is 1.20 bits per heavy atom. The molecule has 2 fully saturated rings. The van der Waals surface area contributed by atoms with Crippen LogP contribution in [0.1, 0.15) is 56.6 Å². The highest BCUT2D eigenvalue weighted by Crippen LogP contribution is 2.33. The fourth-order valence-corrected chi connectivity index (χ4v) is 6.16. The van der Waals surface area contributed by atoms with Gasteiger partial charge in [-0.05, 0) is 76.6 Å². The zero-order valence-corrected chi connectivity index (χ0v) is 19.6. The Bertz CT molecular complexity index is 879. The topological polar surface area (TPSA) is 48.5 Å². The van der Waals surface area contributed by atoms with E-state index in [0.29, 0.717) is 6.04 Å². The Morgan fingerprint density at radius 3 is 2.90 bits per heavy atom. The van der Waals surface area contributed by atoms with Crippen molar-refractivity contribution in [1.82, 2.24) is 15.2 Å². The van der Waals surface area contributed by atoms with Crippen LogP contribution in [0.15, 0.2) is 12.1 Å². The zero-order chi connectivity index (χ0) is 21.1. The van der Waals surface area contributed by atoms with Crippen LogP contribution in [-0.2, 0) is 4.79 Å². The Labute approximate surface area is 184 Å². The van der Waals surface area contributed by atoms with Crippen molar-refractivity contribution in [3.05, 3.63) is 23.3 Å². The Balaban J connectivity index is 1.29. The lowest BCUT2D eigenvalue weighted by Crippen LogP contribution is -2.44. The number of nitrogens with zero attached hydrogens (tertiary/aromatic N) is 3. The second-order valence-electron chi connectivity index (χ2n) is 9.24. The minimum Gasteiger partial charge on any atom is -0.356 e. The molecule has 1 N–H and O–H groups in total. The van der Waals surface area contributed by atoms with E-state index in [1.807, 2.05) is 0 Å². The molecule has 6 heteroatoms. The number of nitrogens with one attached hydrogen (secondary N) is 1. The van der Waals surface area contributed by atoms with E-state index >= 15 is 0 Å². The molecule has 5 nitrogen and oxygen atoms in total. The third-order valence-electron chi connectivity index (χ3n) is 6.74. The van der Waals surface area contributed by atoms with Crippen molar-refractivity contribution in [2.75, 3.05) is 37.6 Å². The average Bonchev–Trinajstić information content (AvgIpc) is 3.17. The molecule has 164 valence electrons. The molecule has 2 aliphatic heterocycles. The van der Waals surface area contributed by atoms with E-state index in [-0.39, 0.29) is 11.8 Å². The molecule has 2 atom stereocenters. The van der Waals surface area contributed by atoms with Gasteiger partial charge in [-0.1, -0.05) is 23.8 Å². The van der Waals surface area contributed by atoms with E-state index in [0.717, 1.165) is 56.1 Å². The number of benzene rings is 1. The minimum absolute atomic E-state index is 0.0718. The summed E-state index contributed by atoms with van der Waals surface area (Å²) in [5.74, 6) is 0.294. The van der Waals surface area contributed by atoms with Crippen LogP contribution in [0.2, 0.25) is 0 Å². The highest BCUT2D eigenvalue weighted by atomic mass is 32.1. The molecule has 0 aliphatic carbocycles. The van der Waals surface area contributed by atoms with Gasteiger partial charge in [0, 0.05) is 32.2 Å². The SMILES string of the molecule is Cc1cc(C)c2nc(N3CCC[C@@H](C(=O)NCCCN4CCCC[C@@H]4C)C3)sc2c1. The maximum absolute atomic E-state index is 12.8. The maximum atomic E-state index is 12.8. The second-order valence-corrected chi connectivity index (χ2v) is 10.2. The van der Waals surface area contributed by atoms with Gasteiger partial charge >= 0.3 is 0 Å². The molecule has 1 aromatic heterocycles. The normalized spacial score (nSPS) is 23.1. The van der Waals surface area contributed by atoms with Gasteiger partial charge in [0.05, 0.1) is 16.1 Å². The Hall–Kier alpha value is -1.66. The molecule has 0 radical (unpaired) electrons. The van der Waals surface area contributed by atoms with Gasteiger partial charge in [-0.3, -0.25) is 4.79 Å². The van der Waals surface area contributed by atoms with Crippen LogP contribution in [0.4, 0.5) is 5.13 Å². The first-order valence-corrected chi connectivity index (χ1v) is 12.5. The summed E-state index contributed by atoms with van der Waals surface area (Å²) in [6.07, 6.45) is 7.07. The number of amides is 1. The number of aromatic nitrogens is 1. The van der Waals surface area contributed by atoms with Crippen LogP contribution < -0.4 is 10.2 Å². The van der Waals surface area contributed by atoms with Crippen LogP contribution in [0.5, 0.6) is 0 Å².